The number of amides is 3. The van der Waals surface area contributed by atoms with Crippen LogP contribution in [0.2, 0.25) is 10.0 Å². The lowest BCUT2D eigenvalue weighted by Gasteiger charge is -2.23. The molecular formula is C22H24Cl2N2O5. The van der Waals surface area contributed by atoms with Gasteiger partial charge in [0.1, 0.15) is 29.7 Å². The van der Waals surface area contributed by atoms with E-state index in [0.29, 0.717) is 28.6 Å². The molecule has 0 spiro atoms. The van der Waals surface area contributed by atoms with E-state index in [9.17, 15) is 14.7 Å². The number of benzene rings is 2. The number of β-amino-alcohol motifs (C(OH)–C–C–N with tert-alkyl or cyclic N) is 1. The van der Waals surface area contributed by atoms with E-state index in [2.05, 4.69) is 5.32 Å². The van der Waals surface area contributed by atoms with Gasteiger partial charge in [-0.2, -0.15) is 0 Å². The average Bonchev–Trinajstić information content (AvgIpc) is 2.96. The van der Waals surface area contributed by atoms with Crippen molar-refractivity contribution < 1.29 is 24.2 Å². The Bertz CT molecular complexity index is 953. The number of carbonyl (C=O) groups is 2. The van der Waals surface area contributed by atoms with Crippen molar-refractivity contribution in [2.75, 3.05) is 20.3 Å². The number of aliphatic hydroxyl groups is 1. The summed E-state index contributed by atoms with van der Waals surface area (Å²) >= 11 is 12.0. The van der Waals surface area contributed by atoms with Gasteiger partial charge in [-0.25, -0.2) is 4.79 Å². The number of hydrogen-bond acceptors (Lipinski definition) is 5. The van der Waals surface area contributed by atoms with Crippen molar-refractivity contribution >= 4 is 35.1 Å². The van der Waals surface area contributed by atoms with E-state index in [0.717, 1.165) is 16.2 Å². The second-order valence-corrected chi connectivity index (χ2v) is 8.41. The molecule has 0 saturated carbocycles. The number of carbonyl (C=O) groups excluding carboxylic acids is 2. The number of ether oxygens (including phenoxy) is 2. The van der Waals surface area contributed by atoms with E-state index < -0.39 is 17.7 Å². The van der Waals surface area contributed by atoms with Gasteiger partial charge in [-0.05, 0) is 49.6 Å². The summed E-state index contributed by atoms with van der Waals surface area (Å²) in [5, 5.41) is 13.8. The maximum Gasteiger partial charge on any atom is 0.325 e. The van der Waals surface area contributed by atoms with E-state index in [4.69, 9.17) is 32.7 Å². The molecule has 7 nitrogen and oxygen atoms in total. The minimum absolute atomic E-state index is 0.153. The summed E-state index contributed by atoms with van der Waals surface area (Å²) in [6.45, 7) is 1.34. The highest BCUT2D eigenvalue weighted by Gasteiger charge is 2.47. The van der Waals surface area contributed by atoms with Crippen LogP contribution in [0, 0.1) is 0 Å². The van der Waals surface area contributed by atoms with Crippen LogP contribution in [0.15, 0.2) is 42.5 Å². The van der Waals surface area contributed by atoms with Gasteiger partial charge in [0, 0.05) is 11.1 Å². The summed E-state index contributed by atoms with van der Waals surface area (Å²) in [5.74, 6) is 0.683. The molecule has 3 rings (SSSR count). The largest absolute Gasteiger partial charge is 0.497 e. The minimum atomic E-state index is -1.09. The monoisotopic (exact) mass is 466 g/mol. The molecule has 2 aromatic carbocycles. The molecule has 0 unspecified atom stereocenters. The molecule has 2 N–H and O–H groups in total. The lowest BCUT2D eigenvalue weighted by molar-refractivity contribution is -0.132. The number of nitrogens with zero attached hydrogens (tertiary/aromatic N) is 1. The quantitative estimate of drug-likeness (QED) is 0.550. The number of aliphatic hydroxyl groups excluding tert-OH is 1. The molecule has 1 heterocycles. The lowest BCUT2D eigenvalue weighted by Crippen LogP contribution is -2.45. The third-order valence-corrected chi connectivity index (χ3v) is 5.68. The number of methoxy groups -OCH3 is 1. The molecule has 1 saturated heterocycles. The van der Waals surface area contributed by atoms with Gasteiger partial charge in [0.25, 0.3) is 5.91 Å². The third-order valence-electron chi connectivity index (χ3n) is 5.14. The highest BCUT2D eigenvalue weighted by Crippen LogP contribution is 2.28. The Morgan fingerprint density at radius 1 is 1.16 bits per heavy atom. The first-order chi connectivity index (χ1) is 14.7. The number of rotatable bonds is 9. The summed E-state index contributed by atoms with van der Waals surface area (Å²) in [6, 6.07) is 11.7. The molecule has 0 aliphatic carbocycles. The lowest BCUT2D eigenvalue weighted by atomic mass is 9.93. The van der Waals surface area contributed by atoms with Gasteiger partial charge in [0.05, 0.1) is 18.7 Å². The Morgan fingerprint density at radius 3 is 2.55 bits per heavy atom. The van der Waals surface area contributed by atoms with Gasteiger partial charge >= 0.3 is 6.03 Å². The first-order valence-corrected chi connectivity index (χ1v) is 10.5. The number of imide groups is 1. The van der Waals surface area contributed by atoms with Crippen molar-refractivity contribution in [3.63, 3.8) is 0 Å². The van der Waals surface area contributed by atoms with E-state index in [1.54, 1.807) is 26.2 Å². The number of hydrogen-bond donors (Lipinski definition) is 2. The smallest absolute Gasteiger partial charge is 0.325 e. The molecule has 31 heavy (non-hydrogen) atoms. The van der Waals surface area contributed by atoms with Gasteiger partial charge in [0.15, 0.2) is 0 Å². The van der Waals surface area contributed by atoms with Crippen LogP contribution in [0.25, 0.3) is 0 Å². The molecule has 3 amide bonds. The van der Waals surface area contributed by atoms with Crippen molar-refractivity contribution in [3.05, 3.63) is 58.1 Å². The zero-order chi connectivity index (χ0) is 22.6. The van der Waals surface area contributed by atoms with Gasteiger partial charge in [-0.15, -0.1) is 0 Å². The second-order valence-electron chi connectivity index (χ2n) is 7.57. The first kappa shape index (κ1) is 23.2. The van der Waals surface area contributed by atoms with E-state index in [1.807, 2.05) is 24.3 Å². The molecule has 1 aliphatic rings. The molecule has 1 aliphatic heterocycles. The Kier molecular flexibility index (Phi) is 7.30. The highest BCUT2D eigenvalue weighted by atomic mass is 35.5. The number of aryl methyl sites for hydroxylation is 1. The van der Waals surface area contributed by atoms with Crippen LogP contribution < -0.4 is 14.8 Å². The summed E-state index contributed by atoms with van der Waals surface area (Å²) in [6.07, 6.45) is -0.0709. The standard InChI is InChI=1S/C22H24Cl2N2O5/c1-22(10-9-14-3-6-17(30-2)7-4-14)20(28)26(21(29)25-22)12-16(27)13-31-19-11-15(23)5-8-18(19)24/h3-8,11,16,27H,9-10,12-13H2,1-2H3,(H,25,29)/t16-,22-/m1/s1. The van der Waals surface area contributed by atoms with E-state index >= 15 is 0 Å². The molecule has 0 radical (unpaired) electrons. The Balaban J connectivity index is 1.56. The van der Waals surface area contributed by atoms with Crippen molar-refractivity contribution in [3.8, 4) is 11.5 Å². The van der Waals surface area contributed by atoms with Crippen LogP contribution in [0.1, 0.15) is 18.9 Å². The van der Waals surface area contributed by atoms with Crippen molar-refractivity contribution in [1.82, 2.24) is 10.2 Å². The molecule has 2 aromatic rings. The van der Waals surface area contributed by atoms with Crippen LogP contribution in [0.4, 0.5) is 4.79 Å². The Morgan fingerprint density at radius 2 is 1.87 bits per heavy atom. The molecule has 2 atom stereocenters. The van der Waals surface area contributed by atoms with E-state index in [-0.39, 0.29) is 19.1 Å². The van der Waals surface area contributed by atoms with Crippen LogP contribution in [0.3, 0.4) is 0 Å². The molecule has 9 heteroatoms. The third kappa shape index (κ3) is 5.61. The van der Waals surface area contributed by atoms with Crippen molar-refractivity contribution in [2.24, 2.45) is 0 Å². The summed E-state index contributed by atoms with van der Waals surface area (Å²) in [7, 11) is 1.60. The predicted octanol–water partition coefficient (Wildman–Crippen LogP) is 3.69. The molecule has 1 fully saturated rings. The van der Waals surface area contributed by atoms with Crippen molar-refractivity contribution in [1.29, 1.82) is 0 Å². The number of halogens is 2. The second kappa shape index (κ2) is 9.77. The maximum atomic E-state index is 12.9. The Labute approximate surface area is 190 Å². The van der Waals surface area contributed by atoms with Gasteiger partial charge in [-0.3, -0.25) is 9.69 Å². The first-order valence-electron chi connectivity index (χ1n) is 9.75. The van der Waals surface area contributed by atoms with Crippen LogP contribution >= 0.6 is 23.2 Å². The number of nitrogens with one attached hydrogen (secondary N) is 1. The SMILES string of the molecule is COc1ccc(CC[C@@]2(C)NC(=O)N(C[C@@H](O)COc3cc(Cl)ccc3Cl)C2=O)cc1. The van der Waals surface area contributed by atoms with Gasteiger partial charge in [-0.1, -0.05) is 35.3 Å². The number of urea groups is 1. The normalized spacial score (nSPS) is 19.3. The molecular weight excluding hydrogens is 443 g/mol. The minimum Gasteiger partial charge on any atom is -0.497 e. The fraction of sp³-hybridized carbons (Fsp3) is 0.364. The van der Waals surface area contributed by atoms with Crippen LogP contribution in [-0.4, -0.2) is 53.8 Å². The summed E-state index contributed by atoms with van der Waals surface area (Å²) in [5.41, 5.74) is -0.0252. The molecule has 0 aromatic heterocycles. The predicted molar refractivity (Wildman–Crippen MR) is 118 cm³/mol. The molecule has 0 bridgehead atoms. The summed E-state index contributed by atoms with van der Waals surface area (Å²) < 4.78 is 10.6. The zero-order valence-corrected chi connectivity index (χ0v) is 18.7. The van der Waals surface area contributed by atoms with Crippen molar-refractivity contribution in [2.45, 2.75) is 31.4 Å². The maximum absolute atomic E-state index is 12.9. The fourth-order valence-electron chi connectivity index (χ4n) is 3.31. The van der Waals surface area contributed by atoms with Gasteiger partial charge < -0.3 is 19.9 Å². The van der Waals surface area contributed by atoms with E-state index in [1.165, 1.54) is 6.07 Å². The fourth-order valence-corrected chi connectivity index (χ4v) is 3.64. The highest BCUT2D eigenvalue weighted by molar-refractivity contribution is 6.34. The summed E-state index contributed by atoms with van der Waals surface area (Å²) in [4.78, 5) is 26.3. The topological polar surface area (TPSA) is 88.1 Å². The zero-order valence-electron chi connectivity index (χ0n) is 17.2. The van der Waals surface area contributed by atoms with Gasteiger partial charge in [0.2, 0.25) is 0 Å². The van der Waals surface area contributed by atoms with Crippen LogP contribution in [0.5, 0.6) is 11.5 Å². The Hall–Kier alpha value is -2.48. The van der Waals surface area contributed by atoms with Crippen LogP contribution in [-0.2, 0) is 11.2 Å². The molecule has 166 valence electrons. The average molecular weight is 467 g/mol.